The number of aryl methyl sites for hydroxylation is 1. The minimum atomic E-state index is -4.29. The zero-order valence-electron chi connectivity index (χ0n) is 14.2. The third kappa shape index (κ3) is 5.76. The van der Waals surface area contributed by atoms with Crippen molar-refractivity contribution < 1.29 is 22.8 Å². The Hall–Kier alpha value is -2.05. The van der Waals surface area contributed by atoms with Crippen LogP contribution in [0.2, 0.25) is 0 Å². The third-order valence-corrected chi connectivity index (χ3v) is 4.45. The third-order valence-electron chi connectivity index (χ3n) is 4.45. The summed E-state index contributed by atoms with van der Waals surface area (Å²) in [6, 6.07) is 6.15. The van der Waals surface area contributed by atoms with E-state index in [0.717, 1.165) is 5.56 Å². The van der Waals surface area contributed by atoms with Gasteiger partial charge in [-0.15, -0.1) is 0 Å². The zero-order valence-corrected chi connectivity index (χ0v) is 14.2. The van der Waals surface area contributed by atoms with Crippen LogP contribution in [0.25, 0.3) is 0 Å². The van der Waals surface area contributed by atoms with Gasteiger partial charge in [0.15, 0.2) is 0 Å². The first kappa shape index (κ1) is 19.3. The maximum Gasteiger partial charge on any atom is 0.393 e. The monoisotopic (exact) mass is 356 g/mol. The van der Waals surface area contributed by atoms with Gasteiger partial charge in [0.25, 0.3) is 5.91 Å². The van der Waals surface area contributed by atoms with Crippen LogP contribution in [0.1, 0.15) is 48.0 Å². The minimum absolute atomic E-state index is 0.0430. The van der Waals surface area contributed by atoms with Crippen molar-refractivity contribution in [2.45, 2.75) is 51.2 Å². The van der Waals surface area contributed by atoms with Gasteiger partial charge >= 0.3 is 6.18 Å². The van der Waals surface area contributed by atoms with Gasteiger partial charge in [-0.25, -0.2) is 0 Å². The van der Waals surface area contributed by atoms with E-state index >= 15 is 0 Å². The van der Waals surface area contributed by atoms with Crippen LogP contribution in [-0.4, -0.2) is 30.6 Å². The molecule has 0 heterocycles. The SMILES string of the molecule is Cc1cccc(C(=O)NCCC(=O)N[C@@H]2CCCC[C@@H]2C(F)(F)F)c1. The molecule has 1 aliphatic carbocycles. The highest BCUT2D eigenvalue weighted by Crippen LogP contribution is 2.37. The van der Waals surface area contributed by atoms with Gasteiger partial charge in [-0.1, -0.05) is 30.5 Å². The molecule has 0 bridgehead atoms. The predicted octanol–water partition coefficient (Wildman–Crippen LogP) is 3.35. The number of rotatable bonds is 5. The summed E-state index contributed by atoms with van der Waals surface area (Å²) in [5.41, 5.74) is 1.44. The summed E-state index contributed by atoms with van der Waals surface area (Å²) in [4.78, 5) is 23.9. The van der Waals surface area contributed by atoms with E-state index in [1.165, 1.54) is 0 Å². The van der Waals surface area contributed by atoms with Crippen LogP contribution in [0.5, 0.6) is 0 Å². The minimum Gasteiger partial charge on any atom is -0.353 e. The maximum atomic E-state index is 13.0. The molecule has 138 valence electrons. The number of nitrogens with one attached hydrogen (secondary N) is 2. The first-order chi connectivity index (χ1) is 11.8. The Labute approximate surface area is 145 Å². The zero-order chi connectivity index (χ0) is 18.4. The van der Waals surface area contributed by atoms with Gasteiger partial charge in [-0.3, -0.25) is 9.59 Å². The first-order valence-corrected chi connectivity index (χ1v) is 8.48. The van der Waals surface area contributed by atoms with Crippen molar-refractivity contribution in [2.75, 3.05) is 6.54 Å². The average molecular weight is 356 g/mol. The molecule has 1 fully saturated rings. The second kappa shape index (κ2) is 8.36. The Morgan fingerprint density at radius 3 is 2.60 bits per heavy atom. The summed E-state index contributed by atoms with van der Waals surface area (Å²) in [7, 11) is 0. The molecule has 2 amide bonds. The molecular weight excluding hydrogens is 333 g/mol. The van der Waals surface area contributed by atoms with Crippen molar-refractivity contribution >= 4 is 11.8 Å². The standard InChI is InChI=1S/C18H23F3N2O2/c1-12-5-4-6-13(11-12)17(25)22-10-9-16(24)23-15-8-3-2-7-14(15)18(19,20)21/h4-6,11,14-15H,2-3,7-10H2,1H3,(H,22,25)(H,23,24)/t14-,15+/m0/s1. The number of amides is 2. The van der Waals surface area contributed by atoms with Crippen molar-refractivity contribution in [3.63, 3.8) is 0 Å². The van der Waals surface area contributed by atoms with E-state index in [9.17, 15) is 22.8 Å². The van der Waals surface area contributed by atoms with Crippen LogP contribution in [0.4, 0.5) is 13.2 Å². The van der Waals surface area contributed by atoms with Gasteiger partial charge in [-0.2, -0.15) is 13.2 Å². The molecule has 25 heavy (non-hydrogen) atoms. The van der Waals surface area contributed by atoms with E-state index in [-0.39, 0.29) is 25.3 Å². The number of halogens is 3. The first-order valence-electron chi connectivity index (χ1n) is 8.48. The quantitative estimate of drug-likeness (QED) is 0.850. The van der Waals surface area contributed by atoms with Crippen molar-refractivity contribution in [1.29, 1.82) is 0 Å². The lowest BCUT2D eigenvalue weighted by Gasteiger charge is -2.33. The summed E-state index contributed by atoms with van der Waals surface area (Å²) in [5, 5.41) is 5.10. The summed E-state index contributed by atoms with van der Waals surface area (Å²) in [5.74, 6) is -2.25. The fraction of sp³-hybridized carbons (Fsp3) is 0.556. The fourth-order valence-corrected chi connectivity index (χ4v) is 3.15. The molecule has 2 atom stereocenters. The van der Waals surface area contributed by atoms with Gasteiger partial charge < -0.3 is 10.6 Å². The molecule has 2 N–H and O–H groups in total. The van der Waals surface area contributed by atoms with Crippen molar-refractivity contribution in [3.05, 3.63) is 35.4 Å². The Bertz CT molecular complexity index is 617. The van der Waals surface area contributed by atoms with Crippen molar-refractivity contribution in [2.24, 2.45) is 5.92 Å². The fourth-order valence-electron chi connectivity index (χ4n) is 3.15. The largest absolute Gasteiger partial charge is 0.393 e. The van der Waals surface area contributed by atoms with Crippen LogP contribution in [0.15, 0.2) is 24.3 Å². The molecule has 0 radical (unpaired) electrons. The summed E-state index contributed by atoms with van der Waals surface area (Å²) in [6.07, 6.45) is -2.73. The van der Waals surface area contributed by atoms with Crippen LogP contribution in [0, 0.1) is 12.8 Å². The van der Waals surface area contributed by atoms with Gasteiger partial charge in [-0.05, 0) is 31.9 Å². The predicted molar refractivity (Wildman–Crippen MR) is 88.1 cm³/mol. The van der Waals surface area contributed by atoms with Crippen LogP contribution >= 0.6 is 0 Å². The van der Waals surface area contributed by atoms with Crippen molar-refractivity contribution in [1.82, 2.24) is 10.6 Å². The molecule has 1 aliphatic rings. The smallest absolute Gasteiger partial charge is 0.353 e. The molecule has 1 aromatic rings. The molecule has 0 spiro atoms. The number of carbonyl (C=O) groups is 2. The normalized spacial score (nSPS) is 20.8. The summed E-state index contributed by atoms with van der Waals surface area (Å²) >= 11 is 0. The number of carbonyl (C=O) groups excluding carboxylic acids is 2. The Kier molecular flexibility index (Phi) is 6.45. The lowest BCUT2D eigenvalue weighted by molar-refractivity contribution is -0.189. The maximum absolute atomic E-state index is 13.0. The molecule has 4 nitrogen and oxygen atoms in total. The number of alkyl halides is 3. The second-order valence-corrected chi connectivity index (χ2v) is 6.48. The number of hydrogen-bond donors (Lipinski definition) is 2. The molecular formula is C18H23F3N2O2. The molecule has 0 aliphatic heterocycles. The Morgan fingerprint density at radius 2 is 1.92 bits per heavy atom. The van der Waals surface area contributed by atoms with E-state index in [4.69, 9.17) is 0 Å². The Balaban J connectivity index is 1.79. The van der Waals surface area contributed by atoms with Crippen LogP contribution < -0.4 is 10.6 Å². The van der Waals surface area contributed by atoms with Gasteiger partial charge in [0, 0.05) is 24.6 Å². The lowest BCUT2D eigenvalue weighted by atomic mass is 9.84. The number of hydrogen-bond acceptors (Lipinski definition) is 2. The molecule has 0 aromatic heterocycles. The van der Waals surface area contributed by atoms with E-state index in [0.29, 0.717) is 24.8 Å². The van der Waals surface area contributed by atoms with Crippen molar-refractivity contribution in [3.8, 4) is 0 Å². The van der Waals surface area contributed by atoms with Gasteiger partial charge in [0.05, 0.1) is 5.92 Å². The highest BCUT2D eigenvalue weighted by Gasteiger charge is 2.45. The molecule has 7 heteroatoms. The average Bonchev–Trinajstić information content (AvgIpc) is 2.54. The van der Waals surface area contributed by atoms with Crippen LogP contribution in [-0.2, 0) is 4.79 Å². The highest BCUT2D eigenvalue weighted by molar-refractivity contribution is 5.94. The second-order valence-electron chi connectivity index (χ2n) is 6.48. The van der Waals surface area contributed by atoms with Gasteiger partial charge in [0.1, 0.15) is 0 Å². The summed E-state index contributed by atoms with van der Waals surface area (Å²) < 4.78 is 39.0. The molecule has 2 rings (SSSR count). The molecule has 1 saturated carbocycles. The van der Waals surface area contributed by atoms with Crippen LogP contribution in [0.3, 0.4) is 0 Å². The van der Waals surface area contributed by atoms with E-state index in [1.54, 1.807) is 18.2 Å². The number of benzene rings is 1. The lowest BCUT2D eigenvalue weighted by Crippen LogP contribution is -2.48. The molecule has 0 unspecified atom stereocenters. The topological polar surface area (TPSA) is 58.2 Å². The highest BCUT2D eigenvalue weighted by atomic mass is 19.4. The molecule has 0 saturated heterocycles. The Morgan fingerprint density at radius 1 is 1.20 bits per heavy atom. The van der Waals surface area contributed by atoms with E-state index in [2.05, 4.69) is 10.6 Å². The van der Waals surface area contributed by atoms with Gasteiger partial charge in [0.2, 0.25) is 5.91 Å². The molecule has 1 aromatic carbocycles. The van der Waals surface area contributed by atoms with E-state index in [1.807, 2.05) is 13.0 Å². The summed E-state index contributed by atoms with van der Waals surface area (Å²) in [6.45, 7) is 1.95. The van der Waals surface area contributed by atoms with E-state index < -0.39 is 24.0 Å².